The second-order valence-electron chi connectivity index (χ2n) is 3.61. The fourth-order valence-electron chi connectivity index (χ4n) is 1.42. The summed E-state index contributed by atoms with van der Waals surface area (Å²) in [6.45, 7) is 0.619. The van der Waals surface area contributed by atoms with E-state index in [1.807, 2.05) is 12.1 Å². The van der Waals surface area contributed by atoms with Gasteiger partial charge in [0.05, 0.1) is 31.1 Å². The van der Waals surface area contributed by atoms with E-state index in [2.05, 4.69) is 21.4 Å². The molecule has 0 aliphatic carbocycles. The molecule has 0 radical (unpaired) electrons. The van der Waals surface area contributed by atoms with Gasteiger partial charge in [-0.25, -0.2) is 0 Å². The van der Waals surface area contributed by atoms with Crippen LogP contribution in [0, 0.1) is 11.3 Å². The minimum Gasteiger partial charge on any atom is -0.480 e. The van der Waals surface area contributed by atoms with Gasteiger partial charge in [0.15, 0.2) is 0 Å². The second-order valence-corrected chi connectivity index (χ2v) is 3.61. The van der Waals surface area contributed by atoms with Gasteiger partial charge in [0.2, 0.25) is 5.88 Å². The van der Waals surface area contributed by atoms with Gasteiger partial charge < -0.3 is 10.1 Å². The Morgan fingerprint density at radius 1 is 1.28 bits per heavy atom. The van der Waals surface area contributed by atoms with Crippen molar-refractivity contribution in [1.82, 2.24) is 9.97 Å². The van der Waals surface area contributed by atoms with Crippen molar-refractivity contribution in [3.8, 4) is 11.9 Å². The number of hydrogen-bond donors (Lipinski definition) is 1. The molecule has 0 amide bonds. The predicted molar refractivity (Wildman–Crippen MR) is 67.1 cm³/mol. The van der Waals surface area contributed by atoms with Crippen molar-refractivity contribution < 1.29 is 4.74 Å². The molecule has 90 valence electrons. The van der Waals surface area contributed by atoms with E-state index < -0.39 is 0 Å². The van der Waals surface area contributed by atoms with E-state index in [1.165, 1.54) is 0 Å². The SMILES string of the molecule is COc1cncc(NCc2ccc(C#N)cc2)n1. The molecule has 1 aromatic carbocycles. The van der Waals surface area contributed by atoms with Gasteiger partial charge >= 0.3 is 0 Å². The summed E-state index contributed by atoms with van der Waals surface area (Å²) in [5, 5.41) is 11.8. The molecule has 5 heteroatoms. The number of nitrogens with one attached hydrogen (secondary N) is 1. The summed E-state index contributed by atoms with van der Waals surface area (Å²) in [5.41, 5.74) is 1.72. The molecule has 0 spiro atoms. The van der Waals surface area contributed by atoms with Gasteiger partial charge in [0.1, 0.15) is 5.82 Å². The number of rotatable bonds is 4. The predicted octanol–water partition coefficient (Wildman–Crippen LogP) is 1.97. The largest absolute Gasteiger partial charge is 0.480 e. The quantitative estimate of drug-likeness (QED) is 0.884. The Hall–Kier alpha value is -2.61. The molecule has 18 heavy (non-hydrogen) atoms. The highest BCUT2D eigenvalue weighted by Crippen LogP contribution is 2.10. The van der Waals surface area contributed by atoms with Crippen LogP contribution in [0.3, 0.4) is 0 Å². The van der Waals surface area contributed by atoms with Gasteiger partial charge in [0.25, 0.3) is 0 Å². The first-order valence-corrected chi connectivity index (χ1v) is 5.41. The lowest BCUT2D eigenvalue weighted by atomic mass is 10.1. The number of hydrogen-bond acceptors (Lipinski definition) is 5. The topological polar surface area (TPSA) is 70.8 Å². The summed E-state index contributed by atoms with van der Waals surface area (Å²) in [7, 11) is 1.55. The number of methoxy groups -OCH3 is 1. The monoisotopic (exact) mass is 240 g/mol. The van der Waals surface area contributed by atoms with Crippen LogP contribution in [0.5, 0.6) is 5.88 Å². The molecule has 1 heterocycles. The van der Waals surface area contributed by atoms with E-state index >= 15 is 0 Å². The summed E-state index contributed by atoms with van der Waals surface area (Å²) in [6, 6.07) is 9.46. The lowest BCUT2D eigenvalue weighted by Crippen LogP contribution is -2.02. The van der Waals surface area contributed by atoms with Crippen molar-refractivity contribution in [2.45, 2.75) is 6.54 Å². The van der Waals surface area contributed by atoms with Gasteiger partial charge in [0, 0.05) is 6.54 Å². The van der Waals surface area contributed by atoms with E-state index in [-0.39, 0.29) is 0 Å². The highest BCUT2D eigenvalue weighted by atomic mass is 16.5. The number of benzene rings is 1. The van der Waals surface area contributed by atoms with Gasteiger partial charge in [-0.1, -0.05) is 12.1 Å². The first-order chi connectivity index (χ1) is 8.81. The number of nitriles is 1. The van der Waals surface area contributed by atoms with Crippen LogP contribution in [0.4, 0.5) is 5.82 Å². The molecule has 0 unspecified atom stereocenters. The van der Waals surface area contributed by atoms with Gasteiger partial charge in [-0.2, -0.15) is 10.2 Å². The molecule has 0 saturated heterocycles. The van der Waals surface area contributed by atoms with Crippen molar-refractivity contribution in [2.75, 3.05) is 12.4 Å². The number of anilines is 1. The molecule has 2 aromatic rings. The fraction of sp³-hybridized carbons (Fsp3) is 0.154. The maximum absolute atomic E-state index is 8.70. The third-order valence-corrected chi connectivity index (χ3v) is 2.38. The molecule has 0 bridgehead atoms. The average Bonchev–Trinajstić information content (AvgIpc) is 2.46. The normalized spacial score (nSPS) is 9.56. The summed E-state index contributed by atoms with van der Waals surface area (Å²) in [6.07, 6.45) is 3.18. The van der Waals surface area contributed by atoms with Gasteiger partial charge in [-0.05, 0) is 17.7 Å². The molecule has 0 aliphatic rings. The minimum absolute atomic E-state index is 0.472. The van der Waals surface area contributed by atoms with Crippen molar-refractivity contribution in [2.24, 2.45) is 0 Å². The zero-order chi connectivity index (χ0) is 12.8. The molecule has 5 nitrogen and oxygen atoms in total. The lowest BCUT2D eigenvalue weighted by Gasteiger charge is -2.06. The van der Waals surface area contributed by atoms with Crippen LogP contribution in [0.2, 0.25) is 0 Å². The Balaban J connectivity index is 2.00. The Kier molecular flexibility index (Phi) is 3.72. The maximum atomic E-state index is 8.70. The molecule has 1 N–H and O–H groups in total. The Bertz CT molecular complexity index is 560. The molecule has 1 aromatic heterocycles. The first-order valence-electron chi connectivity index (χ1n) is 5.41. The van der Waals surface area contributed by atoms with Gasteiger partial charge in [-0.3, -0.25) is 4.98 Å². The van der Waals surface area contributed by atoms with E-state index in [4.69, 9.17) is 10.00 Å². The average molecular weight is 240 g/mol. The molecular formula is C13H12N4O. The molecule has 2 rings (SSSR count). The molecular weight excluding hydrogens is 228 g/mol. The Morgan fingerprint density at radius 3 is 2.72 bits per heavy atom. The molecule has 0 saturated carbocycles. The highest BCUT2D eigenvalue weighted by molar-refractivity contribution is 5.36. The van der Waals surface area contributed by atoms with E-state index in [9.17, 15) is 0 Å². The van der Waals surface area contributed by atoms with E-state index in [0.29, 0.717) is 23.8 Å². The molecule has 0 aliphatic heterocycles. The van der Waals surface area contributed by atoms with Crippen molar-refractivity contribution in [3.05, 3.63) is 47.8 Å². The zero-order valence-electron chi connectivity index (χ0n) is 9.92. The van der Waals surface area contributed by atoms with Crippen LogP contribution in [-0.4, -0.2) is 17.1 Å². The summed E-state index contributed by atoms with van der Waals surface area (Å²) in [5.74, 6) is 1.12. The Labute approximate surface area is 105 Å². The van der Waals surface area contributed by atoms with Crippen LogP contribution in [0.1, 0.15) is 11.1 Å². The summed E-state index contributed by atoms with van der Waals surface area (Å²) in [4.78, 5) is 8.19. The third-order valence-electron chi connectivity index (χ3n) is 2.38. The first kappa shape index (κ1) is 11.9. The van der Waals surface area contributed by atoms with Crippen molar-refractivity contribution in [1.29, 1.82) is 5.26 Å². The fourth-order valence-corrected chi connectivity index (χ4v) is 1.42. The Morgan fingerprint density at radius 2 is 2.06 bits per heavy atom. The lowest BCUT2D eigenvalue weighted by molar-refractivity contribution is 0.396. The molecule has 0 atom stereocenters. The van der Waals surface area contributed by atoms with Crippen LogP contribution in [0.25, 0.3) is 0 Å². The van der Waals surface area contributed by atoms with Crippen molar-refractivity contribution >= 4 is 5.82 Å². The van der Waals surface area contributed by atoms with Crippen LogP contribution in [-0.2, 0) is 6.54 Å². The minimum atomic E-state index is 0.472. The maximum Gasteiger partial charge on any atom is 0.233 e. The second kappa shape index (κ2) is 5.64. The van der Waals surface area contributed by atoms with Crippen LogP contribution >= 0.6 is 0 Å². The van der Waals surface area contributed by atoms with Gasteiger partial charge in [-0.15, -0.1) is 0 Å². The highest BCUT2D eigenvalue weighted by Gasteiger charge is 1.99. The van der Waals surface area contributed by atoms with Crippen LogP contribution in [0.15, 0.2) is 36.7 Å². The standard InChI is InChI=1S/C13H12N4O/c1-18-13-9-15-8-12(17-13)16-7-11-4-2-10(6-14)3-5-11/h2-5,8-9H,7H2,1H3,(H,16,17). The van der Waals surface area contributed by atoms with E-state index in [0.717, 1.165) is 5.56 Å². The third kappa shape index (κ3) is 2.95. The summed E-state index contributed by atoms with van der Waals surface area (Å²) < 4.78 is 4.99. The molecule has 0 fully saturated rings. The summed E-state index contributed by atoms with van der Waals surface area (Å²) >= 11 is 0. The number of ether oxygens (including phenoxy) is 1. The van der Waals surface area contributed by atoms with Crippen LogP contribution < -0.4 is 10.1 Å². The zero-order valence-corrected chi connectivity index (χ0v) is 9.92. The number of aromatic nitrogens is 2. The van der Waals surface area contributed by atoms with E-state index in [1.54, 1.807) is 31.6 Å². The smallest absolute Gasteiger partial charge is 0.233 e. The van der Waals surface area contributed by atoms with Crippen molar-refractivity contribution in [3.63, 3.8) is 0 Å². The number of nitrogens with zero attached hydrogens (tertiary/aromatic N) is 3.